The van der Waals surface area contributed by atoms with Gasteiger partial charge in [0.2, 0.25) is 0 Å². The number of piperidine rings is 1. The number of benzene rings is 1. The van der Waals surface area contributed by atoms with Crippen LogP contribution in [0.4, 0.5) is 4.39 Å². The Kier molecular flexibility index (Phi) is 5.64. The van der Waals surface area contributed by atoms with Gasteiger partial charge in [-0.3, -0.25) is 5.41 Å². The molecule has 0 aliphatic carbocycles. The number of nitrogens with one attached hydrogen (secondary N) is 3. The minimum atomic E-state index is -0.764. The molecule has 1 saturated heterocycles. The van der Waals surface area contributed by atoms with Gasteiger partial charge in [0.25, 0.3) is 0 Å². The Morgan fingerprint density at radius 3 is 2.58 bits per heavy atom. The van der Waals surface area contributed by atoms with Gasteiger partial charge in [0, 0.05) is 17.3 Å². The maximum Gasteiger partial charge on any atom is 0.165 e. The molecule has 0 aromatic heterocycles. The highest BCUT2D eigenvalue weighted by molar-refractivity contribution is 5.95. The Morgan fingerprint density at radius 2 is 1.96 bits per heavy atom. The summed E-state index contributed by atoms with van der Waals surface area (Å²) in [5.74, 6) is -1.59. The Hall–Kier alpha value is -2.74. The van der Waals surface area contributed by atoms with Crippen LogP contribution in [0.15, 0.2) is 35.7 Å². The third-order valence-electron chi connectivity index (χ3n) is 3.88. The first-order valence-electron chi connectivity index (χ1n) is 7.66. The average molecular weight is 334 g/mol. The monoisotopic (exact) mass is 334 g/mol. The summed E-state index contributed by atoms with van der Waals surface area (Å²) in [6.07, 6.45) is 3.23. The van der Waals surface area contributed by atoms with Crippen LogP contribution >= 0.6 is 0 Å². The topological polar surface area (TPSA) is 146 Å². The minimum Gasteiger partial charge on any atom is -0.504 e. The largest absolute Gasteiger partial charge is 0.504 e. The molecule has 0 amide bonds. The fourth-order valence-corrected chi connectivity index (χ4v) is 2.51. The van der Waals surface area contributed by atoms with E-state index in [2.05, 4.69) is 10.6 Å². The lowest BCUT2D eigenvalue weighted by Crippen LogP contribution is -2.40. The van der Waals surface area contributed by atoms with Gasteiger partial charge in [0.15, 0.2) is 11.6 Å². The molecule has 0 bridgehead atoms. The molecule has 8 heteroatoms. The van der Waals surface area contributed by atoms with Gasteiger partial charge in [-0.2, -0.15) is 0 Å². The summed E-state index contributed by atoms with van der Waals surface area (Å²) >= 11 is 0. The third kappa shape index (κ3) is 4.17. The lowest BCUT2D eigenvalue weighted by atomic mass is 10.0. The highest BCUT2D eigenvalue weighted by Crippen LogP contribution is 2.25. The summed E-state index contributed by atoms with van der Waals surface area (Å²) in [5.41, 5.74) is 18.1. The van der Waals surface area contributed by atoms with E-state index in [4.69, 9.17) is 22.6 Å². The Balaban J connectivity index is 2.34. The van der Waals surface area contributed by atoms with Crippen LogP contribution in [0.2, 0.25) is 0 Å². The number of phenols is 1. The molecule has 1 aromatic carbocycles. The average Bonchev–Trinajstić information content (AvgIpc) is 2.56. The second-order valence-corrected chi connectivity index (χ2v) is 5.65. The molecule has 2 rings (SSSR count). The van der Waals surface area contributed by atoms with Crippen molar-refractivity contribution < 1.29 is 9.50 Å². The van der Waals surface area contributed by atoms with Crippen LogP contribution in [0.5, 0.6) is 5.75 Å². The quantitative estimate of drug-likeness (QED) is 0.234. The van der Waals surface area contributed by atoms with Crippen molar-refractivity contribution in [3.63, 3.8) is 0 Å². The molecule has 0 spiro atoms. The molecule has 130 valence electrons. The first-order valence-corrected chi connectivity index (χ1v) is 7.66. The molecular formula is C16H23FN6O. The fourth-order valence-electron chi connectivity index (χ4n) is 2.51. The molecule has 1 aliphatic heterocycles. The molecule has 24 heavy (non-hydrogen) atoms. The number of amidine groups is 1. The SMILES string of the molecule is N=C(N)/C(N)=C(/C=C(\N)c1cccc(F)c1O)NC1CCNCC1. The first kappa shape index (κ1) is 17.6. The Morgan fingerprint density at radius 1 is 1.29 bits per heavy atom. The second kappa shape index (κ2) is 7.69. The zero-order valence-corrected chi connectivity index (χ0v) is 13.3. The second-order valence-electron chi connectivity index (χ2n) is 5.65. The number of aromatic hydroxyl groups is 1. The van der Waals surface area contributed by atoms with Crippen molar-refractivity contribution in [1.82, 2.24) is 10.6 Å². The summed E-state index contributed by atoms with van der Waals surface area (Å²) in [5, 5.41) is 23.8. The lowest BCUT2D eigenvalue weighted by Gasteiger charge is -2.26. The molecule has 0 saturated carbocycles. The number of phenolic OH excluding ortho intramolecular Hbond substituents is 1. The summed E-state index contributed by atoms with van der Waals surface area (Å²) in [6, 6.07) is 4.24. The van der Waals surface area contributed by atoms with Gasteiger partial charge in [0.1, 0.15) is 5.84 Å². The van der Waals surface area contributed by atoms with E-state index < -0.39 is 11.6 Å². The summed E-state index contributed by atoms with van der Waals surface area (Å²) in [4.78, 5) is 0. The molecule has 10 N–H and O–H groups in total. The first-order chi connectivity index (χ1) is 11.4. The summed E-state index contributed by atoms with van der Waals surface area (Å²) in [6.45, 7) is 1.74. The van der Waals surface area contributed by atoms with Crippen molar-refractivity contribution in [1.29, 1.82) is 5.41 Å². The summed E-state index contributed by atoms with van der Waals surface area (Å²) < 4.78 is 13.5. The van der Waals surface area contributed by atoms with Gasteiger partial charge in [0.05, 0.1) is 11.4 Å². The molecule has 7 nitrogen and oxygen atoms in total. The van der Waals surface area contributed by atoms with E-state index in [0.29, 0.717) is 5.70 Å². The van der Waals surface area contributed by atoms with E-state index in [1.54, 1.807) is 0 Å². The maximum atomic E-state index is 13.5. The highest BCUT2D eigenvalue weighted by atomic mass is 19.1. The van der Waals surface area contributed by atoms with Crippen molar-refractivity contribution in [2.45, 2.75) is 18.9 Å². The van der Waals surface area contributed by atoms with Gasteiger partial charge in [-0.25, -0.2) is 4.39 Å². The van der Waals surface area contributed by atoms with Crippen molar-refractivity contribution >= 4 is 11.5 Å². The molecule has 1 aromatic rings. The highest BCUT2D eigenvalue weighted by Gasteiger charge is 2.16. The van der Waals surface area contributed by atoms with Gasteiger partial charge >= 0.3 is 0 Å². The van der Waals surface area contributed by atoms with Crippen LogP contribution in [-0.2, 0) is 0 Å². The van der Waals surface area contributed by atoms with E-state index in [1.165, 1.54) is 18.2 Å². The molecule has 1 fully saturated rings. The van der Waals surface area contributed by atoms with Crippen LogP contribution < -0.4 is 27.8 Å². The normalized spacial score (nSPS) is 17.3. The van der Waals surface area contributed by atoms with Crippen LogP contribution in [0.1, 0.15) is 18.4 Å². The lowest BCUT2D eigenvalue weighted by molar-refractivity contribution is 0.414. The number of nitrogens with two attached hydrogens (primary N) is 3. The molecular weight excluding hydrogens is 311 g/mol. The smallest absolute Gasteiger partial charge is 0.165 e. The van der Waals surface area contributed by atoms with E-state index >= 15 is 0 Å². The van der Waals surface area contributed by atoms with E-state index in [-0.39, 0.29) is 28.8 Å². The van der Waals surface area contributed by atoms with Gasteiger partial charge in [-0.15, -0.1) is 0 Å². The van der Waals surface area contributed by atoms with Gasteiger partial charge < -0.3 is 32.9 Å². The van der Waals surface area contributed by atoms with Crippen LogP contribution in [0.3, 0.4) is 0 Å². The fraction of sp³-hybridized carbons (Fsp3) is 0.312. The number of hydrogen-bond acceptors (Lipinski definition) is 6. The number of halogens is 1. The zero-order chi connectivity index (χ0) is 17.7. The van der Waals surface area contributed by atoms with Crippen LogP contribution in [-0.4, -0.2) is 30.1 Å². The van der Waals surface area contributed by atoms with Crippen molar-refractivity contribution in [2.75, 3.05) is 13.1 Å². The van der Waals surface area contributed by atoms with Crippen LogP contribution in [0, 0.1) is 11.2 Å². The Bertz CT molecular complexity index is 679. The van der Waals surface area contributed by atoms with E-state index in [0.717, 1.165) is 32.0 Å². The van der Waals surface area contributed by atoms with Gasteiger partial charge in [-0.05, 0) is 44.1 Å². The van der Waals surface area contributed by atoms with Crippen molar-refractivity contribution in [2.24, 2.45) is 17.2 Å². The van der Waals surface area contributed by atoms with Gasteiger partial charge in [-0.1, -0.05) is 6.07 Å². The molecule has 0 radical (unpaired) electrons. The zero-order valence-electron chi connectivity index (χ0n) is 13.3. The molecule has 0 atom stereocenters. The van der Waals surface area contributed by atoms with Crippen molar-refractivity contribution in [3.05, 3.63) is 47.0 Å². The predicted octanol–water partition coefficient (Wildman–Crippen LogP) is 0.279. The standard InChI is InChI=1S/C16H23FN6O/c17-11-3-1-2-10(15(11)24)12(18)8-13(14(19)16(20)21)23-9-4-6-22-7-5-9/h1-3,8-9,22-24H,4-7,18-19H2,(H3,20,21)/b12-8-,14-13+. The maximum absolute atomic E-state index is 13.5. The molecule has 1 heterocycles. The number of para-hydroxylation sites is 1. The molecule has 1 aliphatic rings. The Labute approximate surface area is 139 Å². The number of rotatable bonds is 5. The van der Waals surface area contributed by atoms with E-state index in [1.807, 2.05) is 0 Å². The minimum absolute atomic E-state index is 0.0485. The van der Waals surface area contributed by atoms with E-state index in [9.17, 15) is 9.50 Å². The predicted molar refractivity (Wildman–Crippen MR) is 92.4 cm³/mol. The van der Waals surface area contributed by atoms with Crippen molar-refractivity contribution in [3.8, 4) is 5.75 Å². The summed E-state index contributed by atoms with van der Waals surface area (Å²) in [7, 11) is 0. The third-order valence-corrected chi connectivity index (χ3v) is 3.88. The number of hydrogen-bond donors (Lipinski definition) is 7. The number of allylic oxidation sites excluding steroid dienone is 1. The molecule has 0 unspecified atom stereocenters. The van der Waals surface area contributed by atoms with Crippen LogP contribution in [0.25, 0.3) is 5.70 Å².